The number of rotatable bonds is 5. The SMILES string of the molecule is CCOC(N)(CC)OCC. The molecule has 0 saturated heterocycles. The van der Waals surface area contributed by atoms with Gasteiger partial charge in [-0.15, -0.1) is 0 Å². The molecule has 0 aromatic heterocycles. The largest absolute Gasteiger partial charge is 0.338 e. The summed E-state index contributed by atoms with van der Waals surface area (Å²) in [6.07, 6.45) is 0.675. The first kappa shape index (κ1) is 9.88. The van der Waals surface area contributed by atoms with Crippen molar-refractivity contribution in [3.8, 4) is 0 Å². The van der Waals surface area contributed by atoms with Gasteiger partial charge in [-0.05, 0) is 13.8 Å². The molecule has 0 aliphatic carbocycles. The van der Waals surface area contributed by atoms with Gasteiger partial charge < -0.3 is 9.47 Å². The first-order chi connectivity index (χ1) is 4.68. The topological polar surface area (TPSA) is 44.5 Å². The van der Waals surface area contributed by atoms with Crippen molar-refractivity contribution in [2.24, 2.45) is 5.73 Å². The predicted octanol–water partition coefficient (Wildman–Crippen LogP) is 1.08. The zero-order valence-electron chi connectivity index (χ0n) is 7.02. The molecule has 3 heteroatoms. The zero-order chi connectivity index (χ0) is 8.04. The van der Waals surface area contributed by atoms with Crippen LogP contribution in [0.1, 0.15) is 27.2 Å². The summed E-state index contributed by atoms with van der Waals surface area (Å²) in [5.41, 5.74) is 5.67. The molecule has 0 spiro atoms. The van der Waals surface area contributed by atoms with Gasteiger partial charge in [-0.3, -0.25) is 5.73 Å². The van der Waals surface area contributed by atoms with Crippen molar-refractivity contribution >= 4 is 0 Å². The molecule has 62 valence electrons. The van der Waals surface area contributed by atoms with Crippen LogP contribution in [0.15, 0.2) is 0 Å². The molecule has 0 fully saturated rings. The van der Waals surface area contributed by atoms with Crippen molar-refractivity contribution in [2.45, 2.75) is 33.1 Å². The lowest BCUT2D eigenvalue weighted by atomic mass is 10.4. The summed E-state index contributed by atoms with van der Waals surface area (Å²) < 4.78 is 10.3. The van der Waals surface area contributed by atoms with Gasteiger partial charge >= 0.3 is 0 Å². The van der Waals surface area contributed by atoms with Crippen LogP contribution in [0.5, 0.6) is 0 Å². The Morgan fingerprint density at radius 1 is 1.10 bits per heavy atom. The van der Waals surface area contributed by atoms with Gasteiger partial charge in [0, 0.05) is 19.6 Å². The van der Waals surface area contributed by atoms with Crippen molar-refractivity contribution in [2.75, 3.05) is 13.2 Å². The van der Waals surface area contributed by atoms with E-state index < -0.39 is 5.91 Å². The molecule has 2 N–H and O–H groups in total. The van der Waals surface area contributed by atoms with Crippen LogP contribution in [-0.4, -0.2) is 19.1 Å². The first-order valence-corrected chi connectivity index (χ1v) is 3.75. The van der Waals surface area contributed by atoms with Crippen LogP contribution in [0.2, 0.25) is 0 Å². The number of nitrogens with two attached hydrogens (primary N) is 1. The molecule has 0 saturated carbocycles. The maximum absolute atomic E-state index is 5.67. The molecule has 0 atom stereocenters. The van der Waals surface area contributed by atoms with Crippen molar-refractivity contribution in [3.05, 3.63) is 0 Å². The standard InChI is InChI=1S/C7H17NO2/c1-4-7(8,9-5-2)10-6-3/h4-6,8H2,1-3H3. The second-order valence-corrected chi connectivity index (χ2v) is 2.03. The van der Waals surface area contributed by atoms with Crippen LogP contribution in [0.25, 0.3) is 0 Å². The molecule has 0 radical (unpaired) electrons. The van der Waals surface area contributed by atoms with E-state index in [9.17, 15) is 0 Å². The monoisotopic (exact) mass is 147 g/mol. The second-order valence-electron chi connectivity index (χ2n) is 2.03. The summed E-state index contributed by atoms with van der Waals surface area (Å²) in [5, 5.41) is 0. The third-order valence-electron chi connectivity index (χ3n) is 1.27. The third-order valence-corrected chi connectivity index (χ3v) is 1.27. The van der Waals surface area contributed by atoms with E-state index in [-0.39, 0.29) is 0 Å². The molecule has 3 nitrogen and oxygen atoms in total. The van der Waals surface area contributed by atoms with Gasteiger partial charge in [0.25, 0.3) is 0 Å². The Bertz CT molecular complexity index is 79.7. The van der Waals surface area contributed by atoms with Crippen LogP contribution < -0.4 is 5.73 Å². The molecule has 0 aliphatic heterocycles. The number of hydrogen-bond acceptors (Lipinski definition) is 3. The fourth-order valence-corrected chi connectivity index (χ4v) is 0.734. The van der Waals surface area contributed by atoms with Crippen LogP contribution in [0.3, 0.4) is 0 Å². The third kappa shape index (κ3) is 3.15. The normalized spacial score (nSPS) is 12.0. The minimum absolute atomic E-state index is 0.588. The van der Waals surface area contributed by atoms with Crippen LogP contribution in [0, 0.1) is 0 Å². The van der Waals surface area contributed by atoms with E-state index in [4.69, 9.17) is 15.2 Å². The van der Waals surface area contributed by atoms with E-state index in [2.05, 4.69) is 0 Å². The molecular weight excluding hydrogens is 130 g/mol. The van der Waals surface area contributed by atoms with Crippen molar-refractivity contribution < 1.29 is 9.47 Å². The molecule has 0 rings (SSSR count). The van der Waals surface area contributed by atoms with Gasteiger partial charge in [-0.2, -0.15) is 0 Å². The number of hydrogen-bond donors (Lipinski definition) is 1. The summed E-state index contributed by atoms with van der Waals surface area (Å²) in [4.78, 5) is 0. The van der Waals surface area contributed by atoms with Crippen LogP contribution >= 0.6 is 0 Å². The highest BCUT2D eigenvalue weighted by Gasteiger charge is 2.22. The van der Waals surface area contributed by atoms with Crippen LogP contribution in [-0.2, 0) is 9.47 Å². The predicted molar refractivity (Wildman–Crippen MR) is 40.5 cm³/mol. The van der Waals surface area contributed by atoms with Gasteiger partial charge in [-0.25, -0.2) is 0 Å². The molecule has 0 heterocycles. The molecular formula is C7H17NO2. The zero-order valence-corrected chi connectivity index (χ0v) is 7.02. The maximum atomic E-state index is 5.67. The Morgan fingerprint density at radius 3 is 1.70 bits per heavy atom. The van der Waals surface area contributed by atoms with Gasteiger partial charge in [-0.1, -0.05) is 6.92 Å². The highest BCUT2D eigenvalue weighted by Crippen LogP contribution is 2.09. The van der Waals surface area contributed by atoms with Gasteiger partial charge in [0.1, 0.15) is 0 Å². The minimum Gasteiger partial charge on any atom is -0.338 e. The lowest BCUT2D eigenvalue weighted by Gasteiger charge is -2.26. The fraction of sp³-hybridized carbons (Fsp3) is 1.00. The lowest BCUT2D eigenvalue weighted by molar-refractivity contribution is -0.230. The molecule has 0 amide bonds. The van der Waals surface area contributed by atoms with E-state index in [0.717, 1.165) is 0 Å². The van der Waals surface area contributed by atoms with E-state index in [1.807, 2.05) is 20.8 Å². The molecule has 0 bridgehead atoms. The first-order valence-electron chi connectivity index (χ1n) is 3.75. The smallest absolute Gasteiger partial charge is 0.224 e. The van der Waals surface area contributed by atoms with Crippen molar-refractivity contribution in [1.29, 1.82) is 0 Å². The van der Waals surface area contributed by atoms with Gasteiger partial charge in [0.15, 0.2) is 0 Å². The highest BCUT2D eigenvalue weighted by atomic mass is 16.7. The molecule has 0 aliphatic rings. The van der Waals surface area contributed by atoms with Gasteiger partial charge in [0.05, 0.1) is 0 Å². The summed E-state index contributed by atoms with van der Waals surface area (Å²) >= 11 is 0. The van der Waals surface area contributed by atoms with Crippen LogP contribution in [0.4, 0.5) is 0 Å². The van der Waals surface area contributed by atoms with E-state index in [0.29, 0.717) is 19.6 Å². The van der Waals surface area contributed by atoms with E-state index >= 15 is 0 Å². The molecule has 0 aromatic carbocycles. The van der Waals surface area contributed by atoms with E-state index in [1.165, 1.54) is 0 Å². The summed E-state index contributed by atoms with van der Waals surface area (Å²) in [7, 11) is 0. The summed E-state index contributed by atoms with van der Waals surface area (Å²) in [6, 6.07) is 0. The Labute approximate surface area is 62.5 Å². The quantitative estimate of drug-likeness (QED) is 0.592. The Balaban J connectivity index is 3.69. The summed E-state index contributed by atoms with van der Waals surface area (Å²) in [5.74, 6) is -0.858. The maximum Gasteiger partial charge on any atom is 0.224 e. The molecule has 0 unspecified atom stereocenters. The van der Waals surface area contributed by atoms with E-state index in [1.54, 1.807) is 0 Å². The van der Waals surface area contributed by atoms with Crippen molar-refractivity contribution in [3.63, 3.8) is 0 Å². The average molecular weight is 147 g/mol. The van der Waals surface area contributed by atoms with Crippen molar-refractivity contribution in [1.82, 2.24) is 0 Å². The Kier molecular flexibility index (Phi) is 4.60. The number of ether oxygens (including phenoxy) is 2. The summed E-state index contributed by atoms with van der Waals surface area (Å²) in [6.45, 7) is 6.91. The Hall–Kier alpha value is -0.120. The second kappa shape index (κ2) is 4.66. The molecule has 0 aromatic rings. The minimum atomic E-state index is -0.858. The fourth-order valence-electron chi connectivity index (χ4n) is 0.734. The Morgan fingerprint density at radius 2 is 1.50 bits per heavy atom. The average Bonchev–Trinajstić information content (AvgIpc) is 1.89. The molecule has 10 heavy (non-hydrogen) atoms. The highest BCUT2D eigenvalue weighted by molar-refractivity contribution is 4.55. The van der Waals surface area contributed by atoms with Gasteiger partial charge in [0.2, 0.25) is 5.91 Å². The lowest BCUT2D eigenvalue weighted by Crippen LogP contribution is -2.45.